The van der Waals surface area contributed by atoms with E-state index in [1.807, 2.05) is 0 Å². The van der Waals surface area contributed by atoms with Crippen LogP contribution in [0.3, 0.4) is 0 Å². The molecule has 1 aromatic carbocycles. The minimum absolute atomic E-state index is 0.114. The lowest BCUT2D eigenvalue weighted by atomic mass is 10.1. The maximum Gasteiger partial charge on any atom is 0.166 e. The topological polar surface area (TPSA) is 48.1 Å². The Kier molecular flexibility index (Phi) is 3.79. The number of nitrogens with zero attached hydrogens (tertiary/aromatic N) is 1. The summed E-state index contributed by atoms with van der Waals surface area (Å²) in [6, 6.07) is 5.96. The molecule has 0 unspecified atom stereocenters. The number of pyridine rings is 1. The number of ether oxygens (including phenoxy) is 1. The monoisotopic (exact) mass is 266 g/mol. The van der Waals surface area contributed by atoms with Gasteiger partial charge in [-0.15, -0.1) is 0 Å². The van der Waals surface area contributed by atoms with Crippen LogP contribution in [0.25, 0.3) is 0 Å². The van der Waals surface area contributed by atoms with Crippen LogP contribution in [0.2, 0.25) is 5.02 Å². The van der Waals surface area contributed by atoms with Crippen LogP contribution in [0, 0.1) is 5.82 Å². The molecule has 0 aliphatic carbocycles. The molecule has 2 rings (SSSR count). The fourth-order valence-electron chi connectivity index (χ4n) is 1.46. The number of hydrogen-bond acceptors (Lipinski definition) is 3. The minimum Gasteiger partial charge on any atom is -0.453 e. The Labute approximate surface area is 109 Å². The van der Waals surface area contributed by atoms with Crippen LogP contribution < -0.4 is 10.5 Å². The molecule has 18 heavy (non-hydrogen) atoms. The lowest BCUT2D eigenvalue weighted by molar-refractivity contribution is 0.439. The van der Waals surface area contributed by atoms with Crippen LogP contribution >= 0.6 is 11.6 Å². The molecule has 0 spiro atoms. The summed E-state index contributed by atoms with van der Waals surface area (Å²) < 4.78 is 19.1. The van der Waals surface area contributed by atoms with E-state index in [0.29, 0.717) is 16.3 Å². The van der Waals surface area contributed by atoms with Gasteiger partial charge in [0, 0.05) is 18.3 Å². The summed E-state index contributed by atoms with van der Waals surface area (Å²) in [4.78, 5) is 3.86. The first-order valence-electron chi connectivity index (χ1n) is 5.39. The predicted molar refractivity (Wildman–Crippen MR) is 68.3 cm³/mol. The van der Waals surface area contributed by atoms with Crippen molar-refractivity contribution in [1.82, 2.24) is 4.98 Å². The van der Waals surface area contributed by atoms with E-state index >= 15 is 0 Å². The van der Waals surface area contributed by atoms with Gasteiger partial charge in [-0.05, 0) is 24.6 Å². The molecule has 1 aromatic heterocycles. The molecule has 0 aliphatic heterocycles. The lowest BCUT2D eigenvalue weighted by Crippen LogP contribution is -2.05. The van der Waals surface area contributed by atoms with Crippen molar-refractivity contribution in [3.05, 3.63) is 53.1 Å². The normalized spacial score (nSPS) is 12.2. The van der Waals surface area contributed by atoms with Gasteiger partial charge in [-0.25, -0.2) is 4.39 Å². The minimum atomic E-state index is -0.468. The van der Waals surface area contributed by atoms with E-state index < -0.39 is 5.82 Å². The van der Waals surface area contributed by atoms with Crippen LogP contribution in [-0.4, -0.2) is 4.98 Å². The van der Waals surface area contributed by atoms with E-state index in [9.17, 15) is 4.39 Å². The second-order valence-corrected chi connectivity index (χ2v) is 4.36. The Hall–Kier alpha value is -1.65. The lowest BCUT2D eigenvalue weighted by Gasteiger charge is -2.10. The number of aromatic nitrogens is 1. The van der Waals surface area contributed by atoms with Crippen LogP contribution in [0.5, 0.6) is 11.5 Å². The average Bonchev–Trinajstić information content (AvgIpc) is 2.31. The second-order valence-electron chi connectivity index (χ2n) is 3.92. The van der Waals surface area contributed by atoms with Crippen LogP contribution in [0.15, 0.2) is 36.7 Å². The molecule has 2 aromatic rings. The van der Waals surface area contributed by atoms with Gasteiger partial charge < -0.3 is 10.5 Å². The largest absolute Gasteiger partial charge is 0.453 e. The molecule has 0 bridgehead atoms. The summed E-state index contributed by atoms with van der Waals surface area (Å²) in [6.45, 7) is 1.79. The zero-order valence-corrected chi connectivity index (χ0v) is 10.5. The number of nitrogens with two attached hydrogens (primary N) is 1. The molecule has 5 heteroatoms. The molecule has 0 radical (unpaired) electrons. The number of rotatable bonds is 3. The summed E-state index contributed by atoms with van der Waals surface area (Å²) >= 11 is 5.76. The van der Waals surface area contributed by atoms with Crippen molar-refractivity contribution in [2.75, 3.05) is 0 Å². The Morgan fingerprint density at radius 2 is 2.11 bits per heavy atom. The fraction of sp³-hybridized carbons (Fsp3) is 0.154. The third kappa shape index (κ3) is 2.97. The molecule has 2 N–H and O–H groups in total. The number of halogens is 2. The van der Waals surface area contributed by atoms with E-state index in [4.69, 9.17) is 22.1 Å². The molecule has 3 nitrogen and oxygen atoms in total. The molecular weight excluding hydrogens is 255 g/mol. The van der Waals surface area contributed by atoms with E-state index in [1.54, 1.807) is 19.1 Å². The molecule has 94 valence electrons. The maximum absolute atomic E-state index is 13.8. The van der Waals surface area contributed by atoms with Gasteiger partial charge in [0.25, 0.3) is 0 Å². The smallest absolute Gasteiger partial charge is 0.166 e. The van der Waals surface area contributed by atoms with Gasteiger partial charge in [-0.3, -0.25) is 4.98 Å². The maximum atomic E-state index is 13.8. The zero-order chi connectivity index (χ0) is 13.1. The summed E-state index contributed by atoms with van der Waals surface area (Å²) in [5.41, 5.74) is 6.38. The summed E-state index contributed by atoms with van der Waals surface area (Å²) in [5, 5.41) is 0.431. The highest BCUT2D eigenvalue weighted by atomic mass is 35.5. The fourth-order valence-corrected chi connectivity index (χ4v) is 1.62. The second kappa shape index (κ2) is 5.33. The predicted octanol–water partition coefficient (Wildman–Crippen LogP) is 3.69. The standard InChI is InChI=1S/C13H12ClFN2O/c1-8(16)9-2-3-13(12(15)4-9)18-11-5-10(14)6-17-7-11/h2-8H,16H2,1H3/t8-/m0/s1. The van der Waals surface area contributed by atoms with Crippen molar-refractivity contribution >= 4 is 11.6 Å². The van der Waals surface area contributed by atoms with Crippen molar-refractivity contribution in [2.45, 2.75) is 13.0 Å². The van der Waals surface area contributed by atoms with Crippen molar-refractivity contribution in [1.29, 1.82) is 0 Å². The van der Waals surface area contributed by atoms with Crippen LogP contribution in [0.4, 0.5) is 4.39 Å². The van der Waals surface area contributed by atoms with E-state index in [1.165, 1.54) is 24.5 Å². The molecule has 1 heterocycles. The van der Waals surface area contributed by atoms with E-state index in [-0.39, 0.29) is 11.8 Å². The van der Waals surface area contributed by atoms with Gasteiger partial charge >= 0.3 is 0 Å². The van der Waals surface area contributed by atoms with Gasteiger partial charge in [0.2, 0.25) is 0 Å². The molecule has 0 saturated heterocycles. The van der Waals surface area contributed by atoms with Crippen molar-refractivity contribution in [3.63, 3.8) is 0 Å². The van der Waals surface area contributed by atoms with Gasteiger partial charge in [0.15, 0.2) is 11.6 Å². The van der Waals surface area contributed by atoms with Gasteiger partial charge in [0.05, 0.1) is 11.2 Å². The summed E-state index contributed by atoms with van der Waals surface area (Å²) in [5.74, 6) is 0.0307. The average molecular weight is 267 g/mol. The first-order valence-corrected chi connectivity index (χ1v) is 5.77. The third-order valence-electron chi connectivity index (χ3n) is 2.39. The first-order chi connectivity index (χ1) is 8.56. The Morgan fingerprint density at radius 1 is 1.33 bits per heavy atom. The van der Waals surface area contributed by atoms with Crippen molar-refractivity contribution in [2.24, 2.45) is 5.73 Å². The molecule has 0 fully saturated rings. The highest BCUT2D eigenvalue weighted by molar-refractivity contribution is 6.30. The van der Waals surface area contributed by atoms with Gasteiger partial charge in [0.1, 0.15) is 5.75 Å². The van der Waals surface area contributed by atoms with Crippen LogP contribution in [0.1, 0.15) is 18.5 Å². The number of benzene rings is 1. The molecule has 0 saturated carbocycles. The van der Waals surface area contributed by atoms with Gasteiger partial charge in [-0.1, -0.05) is 17.7 Å². The first kappa shape index (κ1) is 12.8. The SMILES string of the molecule is C[C@H](N)c1ccc(Oc2cncc(Cl)c2)c(F)c1. The Morgan fingerprint density at radius 3 is 2.72 bits per heavy atom. The Bertz CT molecular complexity index is 560. The van der Waals surface area contributed by atoms with Crippen molar-refractivity contribution in [3.8, 4) is 11.5 Å². The van der Waals surface area contributed by atoms with Crippen LogP contribution in [-0.2, 0) is 0 Å². The Balaban J connectivity index is 2.24. The third-order valence-corrected chi connectivity index (χ3v) is 2.60. The molecular formula is C13H12ClFN2O. The molecule has 0 aliphatic rings. The number of hydrogen-bond donors (Lipinski definition) is 1. The highest BCUT2D eigenvalue weighted by Crippen LogP contribution is 2.27. The van der Waals surface area contributed by atoms with E-state index in [0.717, 1.165) is 0 Å². The van der Waals surface area contributed by atoms with Crippen molar-refractivity contribution < 1.29 is 9.13 Å². The van der Waals surface area contributed by atoms with Gasteiger partial charge in [-0.2, -0.15) is 0 Å². The zero-order valence-electron chi connectivity index (χ0n) is 9.73. The molecule has 1 atom stereocenters. The summed E-state index contributed by atoms with van der Waals surface area (Å²) in [6.07, 6.45) is 2.94. The summed E-state index contributed by atoms with van der Waals surface area (Å²) in [7, 11) is 0. The quantitative estimate of drug-likeness (QED) is 0.922. The highest BCUT2D eigenvalue weighted by Gasteiger charge is 2.08. The van der Waals surface area contributed by atoms with E-state index in [2.05, 4.69) is 4.98 Å². The molecule has 0 amide bonds.